The smallest absolute Gasteiger partial charge is 0.213 e. The van der Waals surface area contributed by atoms with Gasteiger partial charge in [-0.15, -0.1) is 11.3 Å². The second kappa shape index (κ2) is 3.04. The van der Waals surface area contributed by atoms with E-state index in [1.807, 2.05) is 13.8 Å². The molecule has 0 amide bonds. The lowest BCUT2D eigenvalue weighted by Gasteiger charge is -1.88. The molecule has 0 radical (unpaired) electrons. The first kappa shape index (κ1) is 8.58. The van der Waals surface area contributed by atoms with Crippen LogP contribution in [0.3, 0.4) is 0 Å². The van der Waals surface area contributed by atoms with Gasteiger partial charge in [-0.2, -0.15) is 4.98 Å². The average molecular weight is 212 g/mol. The molecule has 0 atom stereocenters. The number of hydrogen-bond acceptors (Lipinski definition) is 4. The summed E-state index contributed by atoms with van der Waals surface area (Å²) in [6, 6.07) is 0. The number of rotatable bonds is 1. The van der Waals surface area contributed by atoms with Gasteiger partial charge in [0, 0.05) is 0 Å². The zero-order valence-electron chi connectivity index (χ0n) is 7.21. The second-order valence-corrected chi connectivity index (χ2v) is 4.25. The number of hydrogen-bond donors (Lipinski definition) is 2. The molecule has 0 spiro atoms. The first-order valence-electron chi connectivity index (χ1n) is 3.76. The Morgan fingerprint density at radius 3 is 2.46 bits per heavy atom. The third-order valence-electron chi connectivity index (χ3n) is 1.62. The molecular formula is C7H8N4S2. The zero-order chi connectivity index (χ0) is 9.42. The Hall–Kier alpha value is -1.01. The Kier molecular flexibility index (Phi) is 2.01. The van der Waals surface area contributed by atoms with Crippen molar-refractivity contribution in [1.29, 1.82) is 0 Å². The molecule has 2 heterocycles. The van der Waals surface area contributed by atoms with Crippen LogP contribution in [0.2, 0.25) is 0 Å². The van der Waals surface area contributed by atoms with Gasteiger partial charge in [0.1, 0.15) is 0 Å². The van der Waals surface area contributed by atoms with Gasteiger partial charge in [-0.25, -0.2) is 4.98 Å². The standard InChI is InChI=1S/C7H8N4S2/c1-3-5(13-4(2)8-3)6-9-7(12)11-10-6/h1-2H3,(H2,9,10,11,12). The van der Waals surface area contributed by atoms with Crippen molar-refractivity contribution in [2.24, 2.45) is 0 Å². The van der Waals surface area contributed by atoms with Crippen LogP contribution >= 0.6 is 23.6 Å². The molecule has 0 fully saturated rings. The van der Waals surface area contributed by atoms with Crippen LogP contribution in [0.15, 0.2) is 0 Å². The monoisotopic (exact) mass is 212 g/mol. The van der Waals surface area contributed by atoms with Crippen molar-refractivity contribution in [2.75, 3.05) is 0 Å². The van der Waals surface area contributed by atoms with E-state index in [1.165, 1.54) is 0 Å². The lowest BCUT2D eigenvalue weighted by molar-refractivity contribution is 1.08. The first-order chi connectivity index (χ1) is 6.16. The molecule has 2 N–H and O–H groups in total. The second-order valence-electron chi connectivity index (χ2n) is 2.66. The molecule has 0 aliphatic carbocycles. The lowest BCUT2D eigenvalue weighted by Crippen LogP contribution is -1.79. The highest BCUT2D eigenvalue weighted by atomic mass is 32.1. The number of nitrogens with one attached hydrogen (secondary N) is 2. The summed E-state index contributed by atoms with van der Waals surface area (Å²) in [5.74, 6) is 0.771. The molecule has 0 bridgehead atoms. The highest BCUT2D eigenvalue weighted by Crippen LogP contribution is 2.25. The molecule has 2 rings (SSSR count). The van der Waals surface area contributed by atoms with Gasteiger partial charge in [-0.1, -0.05) is 0 Å². The van der Waals surface area contributed by atoms with Gasteiger partial charge in [0.2, 0.25) is 4.77 Å². The number of aromatic nitrogens is 4. The molecule has 0 aliphatic rings. The number of aryl methyl sites for hydroxylation is 2. The Labute approximate surface area is 84.1 Å². The number of H-pyrrole nitrogens is 2. The number of aromatic amines is 2. The van der Waals surface area contributed by atoms with E-state index in [4.69, 9.17) is 12.2 Å². The Morgan fingerprint density at radius 1 is 1.23 bits per heavy atom. The molecule has 68 valence electrons. The van der Waals surface area contributed by atoms with Gasteiger partial charge in [0.25, 0.3) is 0 Å². The van der Waals surface area contributed by atoms with Gasteiger partial charge in [0.05, 0.1) is 15.6 Å². The van der Waals surface area contributed by atoms with Crippen LogP contribution in [0, 0.1) is 18.6 Å². The van der Waals surface area contributed by atoms with Crippen molar-refractivity contribution in [3.8, 4) is 10.7 Å². The third kappa shape index (κ3) is 1.54. The SMILES string of the molecule is Cc1nc(C)c(-c2nc(=S)[nH][nH]2)s1. The summed E-state index contributed by atoms with van der Waals surface area (Å²) >= 11 is 6.48. The Morgan fingerprint density at radius 2 is 2.00 bits per heavy atom. The summed E-state index contributed by atoms with van der Waals surface area (Å²) in [7, 11) is 0. The fourth-order valence-electron chi connectivity index (χ4n) is 1.13. The maximum Gasteiger partial charge on any atom is 0.213 e. The topological polar surface area (TPSA) is 57.4 Å². The van der Waals surface area contributed by atoms with E-state index in [0.717, 1.165) is 21.4 Å². The maximum absolute atomic E-state index is 4.87. The molecule has 6 heteroatoms. The molecule has 4 nitrogen and oxygen atoms in total. The van der Waals surface area contributed by atoms with Crippen LogP contribution in [0.25, 0.3) is 10.7 Å². The third-order valence-corrected chi connectivity index (χ3v) is 2.89. The van der Waals surface area contributed by atoms with E-state index in [1.54, 1.807) is 11.3 Å². The highest BCUT2D eigenvalue weighted by molar-refractivity contribution is 7.71. The average Bonchev–Trinajstić information content (AvgIpc) is 2.58. The first-order valence-corrected chi connectivity index (χ1v) is 4.98. The molecular weight excluding hydrogens is 204 g/mol. The molecule has 2 aromatic rings. The maximum atomic E-state index is 4.87. The van der Waals surface area contributed by atoms with Crippen LogP contribution in [0.5, 0.6) is 0 Å². The summed E-state index contributed by atoms with van der Waals surface area (Å²) in [4.78, 5) is 9.48. The Balaban J connectivity index is 2.57. The van der Waals surface area contributed by atoms with E-state index in [-0.39, 0.29) is 0 Å². The predicted molar refractivity (Wildman–Crippen MR) is 54.4 cm³/mol. The zero-order valence-corrected chi connectivity index (χ0v) is 8.84. The minimum absolute atomic E-state index is 0.473. The summed E-state index contributed by atoms with van der Waals surface area (Å²) < 4.78 is 0.473. The molecule has 0 saturated carbocycles. The van der Waals surface area contributed by atoms with Gasteiger partial charge in [-0.3, -0.25) is 10.2 Å². The summed E-state index contributed by atoms with van der Waals surface area (Å²) in [5.41, 5.74) is 0.986. The minimum Gasteiger partial charge on any atom is -0.281 e. The minimum atomic E-state index is 0.473. The van der Waals surface area contributed by atoms with Crippen LogP contribution < -0.4 is 0 Å². The fraction of sp³-hybridized carbons (Fsp3) is 0.286. The largest absolute Gasteiger partial charge is 0.281 e. The van der Waals surface area contributed by atoms with Crippen molar-refractivity contribution in [1.82, 2.24) is 20.2 Å². The van der Waals surface area contributed by atoms with Crippen molar-refractivity contribution in [2.45, 2.75) is 13.8 Å². The van der Waals surface area contributed by atoms with E-state index in [0.29, 0.717) is 4.77 Å². The molecule has 2 aromatic heterocycles. The normalized spacial score (nSPS) is 10.6. The summed E-state index contributed by atoms with van der Waals surface area (Å²) in [6.07, 6.45) is 0. The van der Waals surface area contributed by atoms with E-state index in [2.05, 4.69) is 20.2 Å². The molecule has 0 unspecified atom stereocenters. The molecule has 13 heavy (non-hydrogen) atoms. The van der Waals surface area contributed by atoms with E-state index in [9.17, 15) is 0 Å². The Bertz CT molecular complexity index is 479. The van der Waals surface area contributed by atoms with E-state index < -0.39 is 0 Å². The quantitative estimate of drug-likeness (QED) is 0.712. The number of nitrogens with zero attached hydrogens (tertiary/aromatic N) is 2. The van der Waals surface area contributed by atoms with Crippen molar-refractivity contribution in [3.05, 3.63) is 15.5 Å². The summed E-state index contributed by atoms with van der Waals surface area (Å²) in [6.45, 7) is 3.94. The van der Waals surface area contributed by atoms with Crippen molar-refractivity contribution < 1.29 is 0 Å². The van der Waals surface area contributed by atoms with Crippen LogP contribution in [0.1, 0.15) is 10.7 Å². The molecule has 0 aliphatic heterocycles. The predicted octanol–water partition coefficient (Wildman–Crippen LogP) is 2.21. The van der Waals surface area contributed by atoms with Crippen LogP contribution in [-0.2, 0) is 0 Å². The van der Waals surface area contributed by atoms with Gasteiger partial charge in [0.15, 0.2) is 5.82 Å². The van der Waals surface area contributed by atoms with E-state index >= 15 is 0 Å². The number of thiazole rings is 1. The van der Waals surface area contributed by atoms with Gasteiger partial charge in [-0.05, 0) is 26.1 Å². The van der Waals surface area contributed by atoms with Crippen LogP contribution in [0.4, 0.5) is 0 Å². The molecule has 0 saturated heterocycles. The highest BCUT2D eigenvalue weighted by Gasteiger charge is 2.09. The van der Waals surface area contributed by atoms with Crippen molar-refractivity contribution in [3.63, 3.8) is 0 Å². The van der Waals surface area contributed by atoms with Crippen molar-refractivity contribution >= 4 is 23.6 Å². The van der Waals surface area contributed by atoms with Gasteiger partial charge >= 0.3 is 0 Å². The van der Waals surface area contributed by atoms with Crippen LogP contribution in [-0.4, -0.2) is 20.2 Å². The van der Waals surface area contributed by atoms with Gasteiger partial charge < -0.3 is 0 Å². The lowest BCUT2D eigenvalue weighted by atomic mass is 10.4. The summed E-state index contributed by atoms with van der Waals surface area (Å²) in [5, 5.41) is 6.70. The molecule has 0 aromatic carbocycles. The fourth-order valence-corrected chi connectivity index (χ4v) is 2.14.